The number of hydrogen-bond acceptors (Lipinski definition) is 3. The van der Waals surface area contributed by atoms with E-state index in [1.54, 1.807) is 0 Å². The zero-order chi connectivity index (χ0) is 13.9. The fraction of sp³-hybridized carbons (Fsp3) is 0.643. The van der Waals surface area contributed by atoms with Gasteiger partial charge in [0.05, 0.1) is 6.33 Å². The van der Waals surface area contributed by atoms with Crippen LogP contribution >= 0.6 is 0 Å². The smallest absolute Gasteiger partial charge is 0.272 e. The standard InChI is InChI=1S/C14H20N4O2/c19-13(17-9-4-2-1-3-5-9)11-12(16-8-15-11)14(20)18-10-6-7-10/h8-10H,1-7H2,(H,15,16)(H,17,19)(H,18,20). The lowest BCUT2D eigenvalue weighted by atomic mass is 9.95. The van der Waals surface area contributed by atoms with Crippen LogP contribution in [0.3, 0.4) is 0 Å². The van der Waals surface area contributed by atoms with Crippen molar-refractivity contribution in [1.82, 2.24) is 20.6 Å². The van der Waals surface area contributed by atoms with Gasteiger partial charge in [-0.25, -0.2) is 4.98 Å². The molecule has 2 aliphatic rings. The molecule has 0 spiro atoms. The molecule has 0 atom stereocenters. The zero-order valence-corrected chi connectivity index (χ0v) is 11.4. The van der Waals surface area contributed by atoms with Gasteiger partial charge in [0, 0.05) is 12.1 Å². The molecule has 6 nitrogen and oxygen atoms in total. The van der Waals surface area contributed by atoms with Gasteiger partial charge in [-0.3, -0.25) is 9.59 Å². The summed E-state index contributed by atoms with van der Waals surface area (Å²) in [6.07, 6.45) is 9.01. The molecule has 6 heteroatoms. The molecule has 2 saturated carbocycles. The third-order valence-electron chi connectivity index (χ3n) is 3.93. The SMILES string of the molecule is O=C(NC1CCCCC1)c1nc[nH]c1C(=O)NC1CC1. The Hall–Kier alpha value is -1.85. The molecule has 2 fully saturated rings. The van der Waals surface area contributed by atoms with Crippen molar-refractivity contribution in [3.05, 3.63) is 17.7 Å². The second-order valence-electron chi connectivity index (χ2n) is 5.68. The molecule has 1 heterocycles. The Balaban J connectivity index is 1.64. The van der Waals surface area contributed by atoms with Gasteiger partial charge in [0.25, 0.3) is 11.8 Å². The summed E-state index contributed by atoms with van der Waals surface area (Å²) in [4.78, 5) is 31.0. The average Bonchev–Trinajstić information content (AvgIpc) is 3.12. The molecule has 1 aromatic heterocycles. The number of hydrogen-bond donors (Lipinski definition) is 3. The largest absolute Gasteiger partial charge is 0.348 e. The highest BCUT2D eigenvalue weighted by Gasteiger charge is 2.28. The van der Waals surface area contributed by atoms with Gasteiger partial charge in [0.2, 0.25) is 0 Å². The van der Waals surface area contributed by atoms with Crippen molar-refractivity contribution in [2.45, 2.75) is 57.0 Å². The fourth-order valence-electron chi connectivity index (χ4n) is 2.63. The monoisotopic (exact) mass is 276 g/mol. The Morgan fingerprint density at radius 1 is 1.00 bits per heavy atom. The minimum atomic E-state index is -0.251. The van der Waals surface area contributed by atoms with E-state index in [0.717, 1.165) is 38.5 Å². The summed E-state index contributed by atoms with van der Waals surface area (Å²) in [5.41, 5.74) is 0.471. The Morgan fingerprint density at radius 3 is 2.35 bits per heavy atom. The maximum atomic E-state index is 12.2. The van der Waals surface area contributed by atoms with Crippen LogP contribution < -0.4 is 10.6 Å². The van der Waals surface area contributed by atoms with E-state index in [-0.39, 0.29) is 35.3 Å². The van der Waals surface area contributed by atoms with Crippen molar-refractivity contribution in [2.24, 2.45) is 0 Å². The molecular weight excluding hydrogens is 256 g/mol. The Bertz CT molecular complexity index is 501. The van der Waals surface area contributed by atoms with Gasteiger partial charge >= 0.3 is 0 Å². The number of imidazole rings is 1. The molecule has 2 aliphatic carbocycles. The second kappa shape index (κ2) is 5.64. The van der Waals surface area contributed by atoms with Gasteiger partial charge in [0.1, 0.15) is 5.69 Å². The van der Waals surface area contributed by atoms with Crippen LogP contribution in [0.5, 0.6) is 0 Å². The van der Waals surface area contributed by atoms with Gasteiger partial charge in [-0.15, -0.1) is 0 Å². The predicted octanol–water partition coefficient (Wildman–Crippen LogP) is 1.36. The number of rotatable bonds is 4. The maximum Gasteiger partial charge on any atom is 0.272 e. The van der Waals surface area contributed by atoms with Gasteiger partial charge in [0.15, 0.2) is 5.69 Å². The molecule has 3 N–H and O–H groups in total. The highest BCUT2D eigenvalue weighted by atomic mass is 16.2. The fourth-order valence-corrected chi connectivity index (χ4v) is 2.63. The molecule has 0 bridgehead atoms. The first kappa shape index (κ1) is 13.1. The van der Waals surface area contributed by atoms with Gasteiger partial charge in [-0.1, -0.05) is 19.3 Å². The van der Waals surface area contributed by atoms with Gasteiger partial charge in [-0.05, 0) is 25.7 Å². The minimum Gasteiger partial charge on any atom is -0.348 e. The predicted molar refractivity (Wildman–Crippen MR) is 73.4 cm³/mol. The summed E-state index contributed by atoms with van der Waals surface area (Å²) in [7, 11) is 0. The molecular formula is C14H20N4O2. The second-order valence-corrected chi connectivity index (χ2v) is 5.68. The molecule has 3 rings (SSSR count). The number of amides is 2. The van der Waals surface area contributed by atoms with E-state index in [1.807, 2.05) is 0 Å². The Labute approximate surface area is 117 Å². The van der Waals surface area contributed by atoms with Crippen LogP contribution in [0, 0.1) is 0 Å². The molecule has 2 amide bonds. The van der Waals surface area contributed by atoms with E-state index in [9.17, 15) is 9.59 Å². The number of aromatic nitrogens is 2. The summed E-state index contributed by atoms with van der Waals surface area (Å²) >= 11 is 0. The highest BCUT2D eigenvalue weighted by molar-refractivity contribution is 6.05. The number of nitrogens with one attached hydrogen (secondary N) is 3. The van der Waals surface area contributed by atoms with E-state index in [2.05, 4.69) is 20.6 Å². The molecule has 108 valence electrons. The molecule has 0 saturated heterocycles. The number of carbonyl (C=O) groups excluding carboxylic acids is 2. The van der Waals surface area contributed by atoms with Crippen LogP contribution in [0.2, 0.25) is 0 Å². The van der Waals surface area contributed by atoms with Crippen molar-refractivity contribution in [3.63, 3.8) is 0 Å². The van der Waals surface area contributed by atoms with Crippen molar-refractivity contribution >= 4 is 11.8 Å². The van der Waals surface area contributed by atoms with Crippen LogP contribution in [0.25, 0.3) is 0 Å². The lowest BCUT2D eigenvalue weighted by molar-refractivity contribution is 0.0897. The zero-order valence-electron chi connectivity index (χ0n) is 11.4. The Morgan fingerprint density at radius 2 is 1.65 bits per heavy atom. The van der Waals surface area contributed by atoms with Crippen molar-refractivity contribution in [3.8, 4) is 0 Å². The Kier molecular flexibility index (Phi) is 3.71. The third-order valence-corrected chi connectivity index (χ3v) is 3.93. The summed E-state index contributed by atoms with van der Waals surface area (Å²) in [5, 5.41) is 5.85. The van der Waals surface area contributed by atoms with Gasteiger partial charge in [-0.2, -0.15) is 0 Å². The molecule has 0 aliphatic heterocycles. The number of H-pyrrole nitrogens is 1. The van der Waals surface area contributed by atoms with Crippen LogP contribution in [0.15, 0.2) is 6.33 Å². The number of carbonyl (C=O) groups is 2. The molecule has 1 aromatic rings. The lowest BCUT2D eigenvalue weighted by Crippen LogP contribution is -2.37. The summed E-state index contributed by atoms with van der Waals surface area (Å²) in [6.45, 7) is 0. The summed E-state index contributed by atoms with van der Waals surface area (Å²) in [6, 6.07) is 0.479. The van der Waals surface area contributed by atoms with Gasteiger partial charge < -0.3 is 15.6 Å². The van der Waals surface area contributed by atoms with Crippen LogP contribution in [-0.2, 0) is 0 Å². The first-order valence-corrected chi connectivity index (χ1v) is 7.39. The average molecular weight is 276 g/mol. The van der Waals surface area contributed by atoms with Crippen molar-refractivity contribution in [2.75, 3.05) is 0 Å². The van der Waals surface area contributed by atoms with Crippen LogP contribution in [0.4, 0.5) is 0 Å². The van der Waals surface area contributed by atoms with E-state index in [0.29, 0.717) is 0 Å². The van der Waals surface area contributed by atoms with E-state index in [1.165, 1.54) is 12.7 Å². The molecule has 0 unspecified atom stereocenters. The van der Waals surface area contributed by atoms with Crippen molar-refractivity contribution in [1.29, 1.82) is 0 Å². The van der Waals surface area contributed by atoms with E-state index >= 15 is 0 Å². The first-order chi connectivity index (χ1) is 9.74. The number of aromatic amines is 1. The van der Waals surface area contributed by atoms with Crippen LogP contribution in [0.1, 0.15) is 65.9 Å². The number of nitrogens with zero attached hydrogens (tertiary/aromatic N) is 1. The van der Waals surface area contributed by atoms with E-state index in [4.69, 9.17) is 0 Å². The van der Waals surface area contributed by atoms with E-state index < -0.39 is 0 Å². The quantitative estimate of drug-likeness (QED) is 0.776. The molecule has 20 heavy (non-hydrogen) atoms. The molecule has 0 aromatic carbocycles. The topological polar surface area (TPSA) is 86.9 Å². The minimum absolute atomic E-state index is 0.203. The van der Waals surface area contributed by atoms with Crippen molar-refractivity contribution < 1.29 is 9.59 Å². The third kappa shape index (κ3) is 3.00. The maximum absolute atomic E-state index is 12.2. The summed E-state index contributed by atoms with van der Waals surface area (Å²) in [5.74, 6) is -0.488. The molecule has 0 radical (unpaired) electrons. The van der Waals surface area contributed by atoms with Crippen LogP contribution in [-0.4, -0.2) is 33.9 Å². The lowest BCUT2D eigenvalue weighted by Gasteiger charge is -2.22. The first-order valence-electron chi connectivity index (χ1n) is 7.39. The summed E-state index contributed by atoms with van der Waals surface area (Å²) < 4.78 is 0. The normalized spacial score (nSPS) is 19.6. The highest BCUT2D eigenvalue weighted by Crippen LogP contribution is 2.20.